The lowest BCUT2D eigenvalue weighted by molar-refractivity contribution is -0.151. The van der Waals surface area contributed by atoms with Crippen molar-refractivity contribution in [3.8, 4) is 0 Å². The zero-order chi connectivity index (χ0) is 43.1. The molecule has 0 radical (unpaired) electrons. The molecule has 1 amide bonds. The number of ether oxygens (including phenoxy) is 1. The van der Waals surface area contributed by atoms with Crippen LogP contribution in [0.4, 0.5) is 0 Å². The molecule has 6 heteroatoms. The van der Waals surface area contributed by atoms with E-state index in [2.05, 4.69) is 92.9 Å². The minimum absolute atomic E-state index is 0.0405. The van der Waals surface area contributed by atoms with Gasteiger partial charge in [-0.2, -0.15) is 0 Å². The van der Waals surface area contributed by atoms with E-state index in [1.807, 2.05) is 18.2 Å². The van der Waals surface area contributed by atoms with Gasteiger partial charge in [-0.1, -0.05) is 215 Å². The van der Waals surface area contributed by atoms with E-state index < -0.39 is 18.2 Å². The molecule has 0 saturated carbocycles. The molecular weight excluding hydrogens is 731 g/mol. The molecule has 0 aliphatic carbocycles. The molecule has 0 rings (SSSR count). The van der Waals surface area contributed by atoms with Crippen LogP contribution >= 0.6 is 0 Å². The quantitative estimate of drug-likeness (QED) is 0.0324. The van der Waals surface area contributed by atoms with Gasteiger partial charge in [-0.05, 0) is 70.6 Å². The van der Waals surface area contributed by atoms with Crippen molar-refractivity contribution in [3.63, 3.8) is 0 Å². The van der Waals surface area contributed by atoms with Gasteiger partial charge in [0.15, 0.2) is 0 Å². The van der Waals surface area contributed by atoms with E-state index >= 15 is 0 Å². The Morgan fingerprint density at radius 1 is 0.508 bits per heavy atom. The molecule has 0 saturated heterocycles. The fourth-order valence-electron chi connectivity index (χ4n) is 6.91. The maximum atomic E-state index is 13.2. The monoisotopic (exact) mass is 822 g/mol. The molecule has 3 atom stereocenters. The molecule has 59 heavy (non-hydrogen) atoms. The van der Waals surface area contributed by atoms with Crippen LogP contribution in [0.5, 0.6) is 0 Å². The van der Waals surface area contributed by atoms with Crippen molar-refractivity contribution in [2.24, 2.45) is 0 Å². The summed E-state index contributed by atoms with van der Waals surface area (Å²) in [6, 6.07) is -0.720. The first kappa shape index (κ1) is 56.0. The molecule has 3 N–H and O–H groups in total. The summed E-state index contributed by atoms with van der Waals surface area (Å²) in [5.74, 6) is -0.542. The number of esters is 1. The number of rotatable bonds is 42. The first-order valence-corrected chi connectivity index (χ1v) is 24.4. The van der Waals surface area contributed by atoms with E-state index in [0.717, 1.165) is 96.3 Å². The average Bonchev–Trinajstić information content (AvgIpc) is 3.23. The highest BCUT2D eigenvalue weighted by molar-refractivity contribution is 5.77. The van der Waals surface area contributed by atoms with Gasteiger partial charge >= 0.3 is 5.97 Å². The largest absolute Gasteiger partial charge is 0.462 e. The third kappa shape index (κ3) is 41.6. The Morgan fingerprint density at radius 2 is 0.915 bits per heavy atom. The summed E-state index contributed by atoms with van der Waals surface area (Å²) < 4.78 is 5.90. The van der Waals surface area contributed by atoms with Crippen molar-refractivity contribution in [3.05, 3.63) is 85.1 Å². The van der Waals surface area contributed by atoms with Crippen molar-refractivity contribution < 1.29 is 24.5 Å². The van der Waals surface area contributed by atoms with Gasteiger partial charge in [0.05, 0.1) is 25.2 Å². The Kier molecular flexibility index (Phi) is 43.8. The van der Waals surface area contributed by atoms with Crippen molar-refractivity contribution in [2.75, 3.05) is 6.61 Å². The molecule has 0 bridgehead atoms. The SMILES string of the molecule is CC/C=C/C=C/C=C/C=C\CCCCCCCC(=O)OC(CCCCC/C=C/C=C/C=C/CCCCCCC)CC(=O)NC(CO)C(O)CCCCCCCCCCC. The number of amides is 1. The number of hydrogen-bond acceptors (Lipinski definition) is 5. The standard InChI is InChI=1S/C53H91NO5/c1-4-7-10-13-16-19-21-23-25-27-28-30-33-35-38-41-44-49(47-52(57)54-50(48-55)51(56)45-42-39-36-32-18-15-12-9-6-3)59-53(58)46-43-40-37-34-31-29-26-24-22-20-17-14-11-8-5-2/h8,11,14,17,20-28,30,49-51,55-56H,4-7,9-10,12-13,15-16,18-19,29,31-48H2,1-3H3,(H,54,57)/b11-8+,17-14+,22-20+,23-21+,26-24-,27-25+,30-28+. The molecule has 0 aliphatic heterocycles. The Balaban J connectivity index is 4.74. The summed E-state index contributed by atoms with van der Waals surface area (Å²) in [6.45, 7) is 6.28. The Hall–Kier alpha value is -2.96. The van der Waals surface area contributed by atoms with Crippen LogP contribution < -0.4 is 5.32 Å². The highest BCUT2D eigenvalue weighted by Crippen LogP contribution is 2.17. The van der Waals surface area contributed by atoms with Gasteiger partial charge in [0.2, 0.25) is 5.91 Å². The molecule has 0 aromatic carbocycles. The van der Waals surface area contributed by atoms with Crippen molar-refractivity contribution in [1.82, 2.24) is 5.32 Å². The van der Waals surface area contributed by atoms with Crippen molar-refractivity contribution in [1.29, 1.82) is 0 Å². The molecule has 0 fully saturated rings. The van der Waals surface area contributed by atoms with Crippen LogP contribution in [0.3, 0.4) is 0 Å². The second-order valence-electron chi connectivity index (χ2n) is 16.3. The number of carbonyl (C=O) groups excluding carboxylic acids is 2. The zero-order valence-electron chi connectivity index (χ0n) is 38.4. The molecule has 3 unspecified atom stereocenters. The van der Waals surface area contributed by atoms with Crippen LogP contribution in [0.15, 0.2) is 85.1 Å². The summed E-state index contributed by atoms with van der Waals surface area (Å²) in [5, 5.41) is 23.6. The maximum Gasteiger partial charge on any atom is 0.306 e. The Morgan fingerprint density at radius 3 is 1.41 bits per heavy atom. The zero-order valence-corrected chi connectivity index (χ0v) is 38.4. The topological polar surface area (TPSA) is 95.9 Å². The molecule has 0 heterocycles. The molecule has 6 nitrogen and oxygen atoms in total. The number of aliphatic hydroxyl groups is 2. The minimum atomic E-state index is -0.804. The molecule has 0 spiro atoms. The Labute approximate surface area is 363 Å². The molecule has 0 aliphatic rings. The van der Waals surface area contributed by atoms with Crippen molar-refractivity contribution in [2.45, 2.75) is 232 Å². The number of nitrogens with one attached hydrogen (secondary N) is 1. The Bertz CT molecular complexity index is 1150. The average molecular weight is 822 g/mol. The van der Waals surface area contributed by atoms with E-state index in [9.17, 15) is 19.8 Å². The van der Waals surface area contributed by atoms with Crippen LogP contribution in [0.25, 0.3) is 0 Å². The normalized spacial score (nSPS) is 14.1. The lowest BCUT2D eigenvalue weighted by Gasteiger charge is -2.24. The van der Waals surface area contributed by atoms with Gasteiger partial charge in [0.1, 0.15) is 6.10 Å². The number of aliphatic hydroxyl groups excluding tert-OH is 2. The fraction of sp³-hybridized carbons (Fsp3) is 0.698. The predicted molar refractivity (Wildman–Crippen MR) is 254 cm³/mol. The van der Waals surface area contributed by atoms with Crippen LogP contribution in [0.1, 0.15) is 213 Å². The van der Waals surface area contributed by atoms with Gasteiger partial charge < -0.3 is 20.3 Å². The van der Waals surface area contributed by atoms with Gasteiger partial charge in [0.25, 0.3) is 0 Å². The predicted octanol–water partition coefficient (Wildman–Crippen LogP) is 14.4. The summed E-state index contributed by atoms with van der Waals surface area (Å²) >= 11 is 0. The number of unbranched alkanes of at least 4 members (excludes halogenated alkanes) is 21. The fourth-order valence-corrected chi connectivity index (χ4v) is 6.91. The third-order valence-electron chi connectivity index (χ3n) is 10.6. The summed E-state index contributed by atoms with van der Waals surface area (Å²) in [4.78, 5) is 26.1. The number of allylic oxidation sites excluding steroid dienone is 14. The molecule has 0 aromatic rings. The molecular formula is C53H91NO5. The van der Waals surface area contributed by atoms with Crippen LogP contribution in [0, 0.1) is 0 Å². The van der Waals surface area contributed by atoms with E-state index in [1.165, 1.54) is 70.6 Å². The smallest absolute Gasteiger partial charge is 0.306 e. The van der Waals surface area contributed by atoms with Crippen LogP contribution in [-0.2, 0) is 14.3 Å². The highest BCUT2D eigenvalue weighted by atomic mass is 16.5. The van der Waals surface area contributed by atoms with E-state index in [-0.39, 0.29) is 24.9 Å². The lowest BCUT2D eigenvalue weighted by atomic mass is 10.0. The number of hydrogen-bond donors (Lipinski definition) is 3. The lowest BCUT2D eigenvalue weighted by Crippen LogP contribution is -2.46. The van der Waals surface area contributed by atoms with E-state index in [4.69, 9.17) is 4.74 Å². The second kappa shape index (κ2) is 46.1. The second-order valence-corrected chi connectivity index (χ2v) is 16.3. The van der Waals surface area contributed by atoms with Crippen LogP contribution in [-0.4, -0.2) is 46.9 Å². The highest BCUT2D eigenvalue weighted by Gasteiger charge is 2.24. The summed E-state index contributed by atoms with van der Waals surface area (Å²) in [6.07, 6.45) is 59.2. The number of carbonyl (C=O) groups is 2. The summed E-state index contributed by atoms with van der Waals surface area (Å²) in [5.41, 5.74) is 0. The maximum absolute atomic E-state index is 13.2. The van der Waals surface area contributed by atoms with Gasteiger partial charge in [-0.3, -0.25) is 9.59 Å². The molecule has 338 valence electrons. The van der Waals surface area contributed by atoms with Crippen molar-refractivity contribution >= 4 is 11.9 Å². The molecule has 0 aromatic heterocycles. The summed E-state index contributed by atoms with van der Waals surface area (Å²) in [7, 11) is 0. The first-order valence-electron chi connectivity index (χ1n) is 24.4. The van der Waals surface area contributed by atoms with Gasteiger partial charge in [-0.15, -0.1) is 0 Å². The van der Waals surface area contributed by atoms with Gasteiger partial charge in [0, 0.05) is 6.42 Å². The van der Waals surface area contributed by atoms with Crippen LogP contribution in [0.2, 0.25) is 0 Å². The third-order valence-corrected chi connectivity index (χ3v) is 10.6. The van der Waals surface area contributed by atoms with E-state index in [1.54, 1.807) is 0 Å². The van der Waals surface area contributed by atoms with E-state index in [0.29, 0.717) is 19.3 Å². The van der Waals surface area contributed by atoms with Gasteiger partial charge in [-0.25, -0.2) is 0 Å². The minimum Gasteiger partial charge on any atom is -0.462 e. The first-order chi connectivity index (χ1) is 29.0.